The van der Waals surface area contributed by atoms with Crippen molar-refractivity contribution in [3.63, 3.8) is 0 Å². The van der Waals surface area contributed by atoms with Gasteiger partial charge in [0, 0.05) is 18.6 Å². The zero-order chi connectivity index (χ0) is 11.7. The lowest BCUT2D eigenvalue weighted by Gasteiger charge is -2.38. The number of nitrogens with zero attached hydrogens (tertiary/aromatic N) is 1. The summed E-state index contributed by atoms with van der Waals surface area (Å²) in [5, 5.41) is 0. The van der Waals surface area contributed by atoms with E-state index in [2.05, 4.69) is 18.7 Å². The van der Waals surface area contributed by atoms with Crippen LogP contribution in [0.4, 0.5) is 0 Å². The van der Waals surface area contributed by atoms with Crippen LogP contribution < -0.4 is 5.73 Å². The third-order valence-corrected chi connectivity index (χ3v) is 4.31. The SMILES string of the molecule is CC1CCN(C(=O)C2CCCC2N)C(C)C1. The monoisotopic (exact) mass is 224 g/mol. The van der Waals surface area contributed by atoms with E-state index in [1.165, 1.54) is 0 Å². The van der Waals surface area contributed by atoms with Crippen LogP contribution in [-0.4, -0.2) is 29.4 Å². The van der Waals surface area contributed by atoms with Crippen LogP contribution in [0.1, 0.15) is 46.0 Å². The summed E-state index contributed by atoms with van der Waals surface area (Å²) in [4.78, 5) is 14.5. The Morgan fingerprint density at radius 3 is 2.56 bits per heavy atom. The second kappa shape index (κ2) is 4.74. The normalized spacial score (nSPS) is 40.1. The molecule has 92 valence electrons. The number of nitrogens with two attached hydrogens (primary N) is 1. The molecule has 1 aliphatic carbocycles. The molecule has 2 fully saturated rings. The number of likely N-dealkylation sites (tertiary alicyclic amines) is 1. The molecule has 2 aliphatic rings. The maximum absolute atomic E-state index is 12.4. The van der Waals surface area contributed by atoms with Crippen molar-refractivity contribution in [2.45, 2.75) is 58.0 Å². The highest BCUT2D eigenvalue weighted by Crippen LogP contribution is 2.29. The molecule has 4 atom stereocenters. The van der Waals surface area contributed by atoms with Gasteiger partial charge in [0.05, 0.1) is 5.92 Å². The first-order chi connectivity index (χ1) is 7.59. The minimum absolute atomic E-state index is 0.107. The molecule has 0 spiro atoms. The molecule has 0 radical (unpaired) electrons. The molecule has 1 amide bonds. The number of carbonyl (C=O) groups is 1. The van der Waals surface area contributed by atoms with Gasteiger partial charge in [-0.05, 0) is 38.5 Å². The summed E-state index contributed by atoms with van der Waals surface area (Å²) in [6.07, 6.45) is 5.44. The van der Waals surface area contributed by atoms with Crippen molar-refractivity contribution < 1.29 is 4.79 Å². The number of piperidine rings is 1. The van der Waals surface area contributed by atoms with Crippen molar-refractivity contribution in [3.8, 4) is 0 Å². The third kappa shape index (κ3) is 2.24. The fourth-order valence-corrected chi connectivity index (χ4v) is 3.24. The molecule has 1 saturated carbocycles. The highest BCUT2D eigenvalue weighted by Gasteiger charge is 2.36. The van der Waals surface area contributed by atoms with E-state index in [-0.39, 0.29) is 12.0 Å². The van der Waals surface area contributed by atoms with E-state index in [0.717, 1.165) is 44.6 Å². The average molecular weight is 224 g/mol. The van der Waals surface area contributed by atoms with E-state index >= 15 is 0 Å². The summed E-state index contributed by atoms with van der Waals surface area (Å²) in [7, 11) is 0. The number of rotatable bonds is 1. The predicted molar refractivity (Wildman–Crippen MR) is 64.9 cm³/mol. The van der Waals surface area contributed by atoms with Crippen LogP contribution in [0.2, 0.25) is 0 Å². The summed E-state index contributed by atoms with van der Waals surface area (Å²) >= 11 is 0. The van der Waals surface area contributed by atoms with Gasteiger partial charge in [0.25, 0.3) is 0 Å². The van der Waals surface area contributed by atoms with E-state index in [1.54, 1.807) is 0 Å². The van der Waals surface area contributed by atoms with Crippen molar-refractivity contribution in [2.24, 2.45) is 17.6 Å². The molecule has 4 unspecified atom stereocenters. The molecule has 0 aromatic carbocycles. The predicted octanol–water partition coefficient (Wildman–Crippen LogP) is 1.76. The smallest absolute Gasteiger partial charge is 0.227 e. The second-order valence-corrected chi connectivity index (χ2v) is 5.71. The fraction of sp³-hybridized carbons (Fsp3) is 0.923. The maximum atomic E-state index is 12.4. The number of carbonyl (C=O) groups excluding carboxylic acids is 1. The molecule has 1 saturated heterocycles. The summed E-state index contributed by atoms with van der Waals surface area (Å²) < 4.78 is 0. The maximum Gasteiger partial charge on any atom is 0.227 e. The first kappa shape index (κ1) is 11.9. The number of amides is 1. The molecule has 1 heterocycles. The zero-order valence-corrected chi connectivity index (χ0v) is 10.5. The Kier molecular flexibility index (Phi) is 3.53. The molecule has 0 bridgehead atoms. The van der Waals surface area contributed by atoms with E-state index in [4.69, 9.17) is 5.73 Å². The molecule has 3 heteroatoms. The van der Waals surface area contributed by atoms with Gasteiger partial charge in [-0.2, -0.15) is 0 Å². The first-order valence-electron chi connectivity index (χ1n) is 6.65. The lowest BCUT2D eigenvalue weighted by molar-refractivity contribution is -0.139. The molecule has 2 rings (SSSR count). The van der Waals surface area contributed by atoms with Crippen molar-refractivity contribution in [2.75, 3.05) is 6.54 Å². The molecule has 2 N–H and O–H groups in total. The molecule has 0 aromatic rings. The average Bonchev–Trinajstić information content (AvgIpc) is 2.63. The Morgan fingerprint density at radius 2 is 2.00 bits per heavy atom. The van der Waals surface area contributed by atoms with Gasteiger partial charge >= 0.3 is 0 Å². The lowest BCUT2D eigenvalue weighted by Crippen LogP contribution is -2.49. The standard InChI is InChI=1S/C13H24N2O/c1-9-6-7-15(10(2)8-9)13(16)11-4-3-5-12(11)14/h9-12H,3-8,14H2,1-2H3. The number of hydrogen-bond acceptors (Lipinski definition) is 2. The van der Waals surface area contributed by atoms with Crippen LogP contribution in [0, 0.1) is 11.8 Å². The minimum atomic E-state index is 0.107. The third-order valence-electron chi connectivity index (χ3n) is 4.31. The van der Waals surface area contributed by atoms with Gasteiger partial charge in [-0.25, -0.2) is 0 Å². The lowest BCUT2D eigenvalue weighted by atomic mass is 9.91. The van der Waals surface area contributed by atoms with Gasteiger partial charge in [0.2, 0.25) is 5.91 Å². The van der Waals surface area contributed by atoms with Crippen LogP contribution in [0.15, 0.2) is 0 Å². The van der Waals surface area contributed by atoms with Crippen LogP contribution >= 0.6 is 0 Å². The van der Waals surface area contributed by atoms with Crippen molar-refractivity contribution in [3.05, 3.63) is 0 Å². The Bertz CT molecular complexity index is 267. The summed E-state index contributed by atoms with van der Waals surface area (Å²) in [5.74, 6) is 1.19. The van der Waals surface area contributed by atoms with Gasteiger partial charge in [-0.1, -0.05) is 13.3 Å². The summed E-state index contributed by atoms with van der Waals surface area (Å²) in [6.45, 7) is 5.39. The van der Waals surface area contributed by atoms with Gasteiger partial charge in [-0.15, -0.1) is 0 Å². The second-order valence-electron chi connectivity index (χ2n) is 5.71. The van der Waals surface area contributed by atoms with E-state index in [9.17, 15) is 4.79 Å². The van der Waals surface area contributed by atoms with Crippen molar-refractivity contribution in [1.29, 1.82) is 0 Å². The van der Waals surface area contributed by atoms with Crippen molar-refractivity contribution in [1.82, 2.24) is 4.90 Å². The number of hydrogen-bond donors (Lipinski definition) is 1. The highest BCUT2D eigenvalue weighted by molar-refractivity contribution is 5.80. The van der Waals surface area contributed by atoms with Crippen molar-refractivity contribution >= 4 is 5.91 Å². The highest BCUT2D eigenvalue weighted by atomic mass is 16.2. The summed E-state index contributed by atoms with van der Waals surface area (Å²) in [6, 6.07) is 0.517. The largest absolute Gasteiger partial charge is 0.340 e. The Hall–Kier alpha value is -0.570. The van der Waals surface area contributed by atoms with E-state index in [1.807, 2.05) is 0 Å². The zero-order valence-electron chi connectivity index (χ0n) is 10.5. The Balaban J connectivity index is 1.98. The van der Waals surface area contributed by atoms with Gasteiger partial charge in [-0.3, -0.25) is 4.79 Å². The minimum Gasteiger partial charge on any atom is -0.340 e. The van der Waals surface area contributed by atoms with Crippen LogP contribution in [0.3, 0.4) is 0 Å². The van der Waals surface area contributed by atoms with Crippen LogP contribution in [-0.2, 0) is 4.79 Å². The quantitative estimate of drug-likeness (QED) is 0.737. The molecule has 16 heavy (non-hydrogen) atoms. The molecule has 0 aromatic heterocycles. The summed E-state index contributed by atoms with van der Waals surface area (Å²) in [5.41, 5.74) is 6.01. The van der Waals surface area contributed by atoms with E-state index in [0.29, 0.717) is 11.9 Å². The first-order valence-corrected chi connectivity index (χ1v) is 6.65. The fourth-order valence-electron chi connectivity index (χ4n) is 3.24. The Morgan fingerprint density at radius 1 is 1.25 bits per heavy atom. The van der Waals surface area contributed by atoms with Gasteiger partial charge < -0.3 is 10.6 Å². The van der Waals surface area contributed by atoms with Gasteiger partial charge in [0.15, 0.2) is 0 Å². The van der Waals surface area contributed by atoms with Crippen LogP contribution in [0.25, 0.3) is 0 Å². The molecule has 1 aliphatic heterocycles. The molecular weight excluding hydrogens is 200 g/mol. The topological polar surface area (TPSA) is 46.3 Å². The van der Waals surface area contributed by atoms with E-state index < -0.39 is 0 Å². The van der Waals surface area contributed by atoms with Gasteiger partial charge in [0.1, 0.15) is 0 Å². The molecule has 3 nitrogen and oxygen atoms in total. The molecular formula is C13H24N2O. The van der Waals surface area contributed by atoms with Crippen LogP contribution in [0.5, 0.6) is 0 Å². The Labute approximate surface area is 98.4 Å².